The lowest BCUT2D eigenvalue weighted by molar-refractivity contribution is 1.26. The molecule has 0 aliphatic carbocycles. The summed E-state index contributed by atoms with van der Waals surface area (Å²) in [5, 5.41) is 0. The molecule has 0 spiro atoms. The van der Waals surface area contributed by atoms with Crippen molar-refractivity contribution in [2.45, 2.75) is 6.92 Å². The van der Waals surface area contributed by atoms with E-state index in [4.69, 9.17) is 0 Å². The van der Waals surface area contributed by atoms with E-state index in [1.54, 1.807) is 11.3 Å². The van der Waals surface area contributed by atoms with Gasteiger partial charge in [0.1, 0.15) is 5.82 Å². The van der Waals surface area contributed by atoms with Gasteiger partial charge in [0.15, 0.2) is 0 Å². The molecule has 84 valence electrons. The van der Waals surface area contributed by atoms with Gasteiger partial charge in [-0.05, 0) is 6.92 Å². The number of nitrogens with zero attached hydrogens (tertiary/aromatic N) is 2. The van der Waals surface area contributed by atoms with Gasteiger partial charge in [-0.2, -0.15) is 0 Å². The zero-order valence-electron chi connectivity index (χ0n) is 9.34. The fraction of sp³-hybridized carbons (Fsp3) is 0.0769. The monoisotopic (exact) mass is 241 g/mol. The van der Waals surface area contributed by atoms with Crippen molar-refractivity contribution >= 4 is 11.3 Å². The largest absolute Gasteiger partial charge is 0.341 e. The van der Waals surface area contributed by atoms with Gasteiger partial charge < -0.3 is 4.98 Å². The van der Waals surface area contributed by atoms with E-state index in [0.717, 1.165) is 27.7 Å². The molecule has 17 heavy (non-hydrogen) atoms. The molecule has 0 aliphatic heterocycles. The number of aromatic nitrogens is 3. The molecule has 1 N–H and O–H groups in total. The molecule has 2 aromatic heterocycles. The summed E-state index contributed by atoms with van der Waals surface area (Å²) >= 11 is 1.61. The Kier molecular flexibility index (Phi) is 2.49. The lowest BCUT2D eigenvalue weighted by Gasteiger charge is -1.99. The van der Waals surface area contributed by atoms with Gasteiger partial charge in [0.2, 0.25) is 0 Å². The van der Waals surface area contributed by atoms with Crippen LogP contribution in [-0.2, 0) is 0 Å². The molecular weight excluding hydrogens is 230 g/mol. The second-order valence-corrected chi connectivity index (χ2v) is 4.67. The molecule has 0 bridgehead atoms. The van der Waals surface area contributed by atoms with Crippen molar-refractivity contribution in [2.75, 3.05) is 0 Å². The molecule has 2 heterocycles. The standard InChI is InChI=1S/C13H11N3S/c1-9-7-14-13(16-9)12-11(15-8-17-12)10-5-3-2-4-6-10/h2-8H,1H3,(H,14,16). The molecule has 3 nitrogen and oxygen atoms in total. The number of aryl methyl sites for hydroxylation is 1. The van der Waals surface area contributed by atoms with E-state index in [1.165, 1.54) is 0 Å². The summed E-state index contributed by atoms with van der Waals surface area (Å²) in [5.74, 6) is 0.892. The highest BCUT2D eigenvalue weighted by molar-refractivity contribution is 7.13. The molecule has 0 unspecified atom stereocenters. The van der Waals surface area contributed by atoms with Gasteiger partial charge in [0.05, 0.1) is 16.1 Å². The van der Waals surface area contributed by atoms with E-state index in [-0.39, 0.29) is 0 Å². The third-order valence-electron chi connectivity index (χ3n) is 2.53. The van der Waals surface area contributed by atoms with Crippen LogP contribution in [0.25, 0.3) is 22.0 Å². The fourth-order valence-corrected chi connectivity index (χ4v) is 2.50. The van der Waals surface area contributed by atoms with Crippen molar-refractivity contribution in [3.05, 3.63) is 47.7 Å². The van der Waals surface area contributed by atoms with Crippen molar-refractivity contribution in [2.24, 2.45) is 0 Å². The average Bonchev–Trinajstić information content (AvgIpc) is 2.98. The van der Waals surface area contributed by atoms with Crippen molar-refractivity contribution in [1.29, 1.82) is 0 Å². The number of aromatic amines is 1. The Morgan fingerprint density at radius 2 is 1.94 bits per heavy atom. The molecule has 0 saturated heterocycles. The van der Waals surface area contributed by atoms with Crippen molar-refractivity contribution in [3.63, 3.8) is 0 Å². The summed E-state index contributed by atoms with van der Waals surface area (Å²) in [6.07, 6.45) is 1.84. The number of hydrogen-bond donors (Lipinski definition) is 1. The Hall–Kier alpha value is -1.94. The van der Waals surface area contributed by atoms with Crippen molar-refractivity contribution < 1.29 is 0 Å². The van der Waals surface area contributed by atoms with E-state index in [2.05, 4.69) is 27.1 Å². The van der Waals surface area contributed by atoms with Crippen LogP contribution < -0.4 is 0 Å². The van der Waals surface area contributed by atoms with Crippen LogP contribution >= 0.6 is 11.3 Å². The predicted octanol–water partition coefficient (Wildman–Crippen LogP) is 3.51. The number of benzene rings is 1. The first kappa shape index (κ1) is 10.2. The van der Waals surface area contributed by atoms with E-state index in [1.807, 2.05) is 36.8 Å². The second kappa shape index (κ2) is 4.14. The van der Waals surface area contributed by atoms with Gasteiger partial charge in [-0.15, -0.1) is 11.3 Å². The molecule has 0 amide bonds. The third kappa shape index (κ3) is 1.87. The van der Waals surface area contributed by atoms with E-state index < -0.39 is 0 Å². The first-order chi connectivity index (χ1) is 8.34. The molecule has 3 aromatic rings. The Morgan fingerprint density at radius 3 is 2.65 bits per heavy atom. The molecule has 0 aliphatic rings. The Balaban J connectivity index is 2.12. The van der Waals surface area contributed by atoms with Gasteiger partial charge in [-0.25, -0.2) is 9.97 Å². The van der Waals surface area contributed by atoms with Crippen LogP contribution in [0, 0.1) is 6.92 Å². The van der Waals surface area contributed by atoms with Crippen LogP contribution in [0.2, 0.25) is 0 Å². The van der Waals surface area contributed by atoms with E-state index in [0.29, 0.717) is 0 Å². The van der Waals surface area contributed by atoms with E-state index >= 15 is 0 Å². The molecule has 0 fully saturated rings. The summed E-state index contributed by atoms with van der Waals surface area (Å²) in [5.41, 5.74) is 5.03. The summed E-state index contributed by atoms with van der Waals surface area (Å²) in [4.78, 5) is 13.1. The van der Waals surface area contributed by atoms with Gasteiger partial charge >= 0.3 is 0 Å². The third-order valence-corrected chi connectivity index (χ3v) is 3.37. The first-order valence-corrected chi connectivity index (χ1v) is 6.23. The minimum atomic E-state index is 0.892. The number of hydrogen-bond acceptors (Lipinski definition) is 3. The van der Waals surface area contributed by atoms with Gasteiger partial charge in [-0.3, -0.25) is 0 Å². The van der Waals surface area contributed by atoms with Crippen molar-refractivity contribution in [3.8, 4) is 22.0 Å². The second-order valence-electron chi connectivity index (χ2n) is 3.81. The maximum atomic E-state index is 4.43. The molecule has 3 rings (SSSR count). The van der Waals surface area contributed by atoms with Crippen LogP contribution in [0.5, 0.6) is 0 Å². The molecule has 4 heteroatoms. The predicted molar refractivity (Wildman–Crippen MR) is 69.9 cm³/mol. The summed E-state index contributed by atoms with van der Waals surface area (Å²) in [6, 6.07) is 10.2. The number of rotatable bonds is 2. The van der Waals surface area contributed by atoms with Crippen LogP contribution in [0.15, 0.2) is 42.0 Å². The lowest BCUT2D eigenvalue weighted by atomic mass is 10.1. The SMILES string of the molecule is Cc1cnc(-c2scnc2-c2ccccc2)[nH]1. The number of H-pyrrole nitrogens is 1. The lowest BCUT2D eigenvalue weighted by Crippen LogP contribution is -1.83. The highest BCUT2D eigenvalue weighted by atomic mass is 32.1. The maximum absolute atomic E-state index is 4.43. The normalized spacial score (nSPS) is 10.6. The zero-order chi connectivity index (χ0) is 11.7. The molecular formula is C13H11N3S. The van der Waals surface area contributed by atoms with E-state index in [9.17, 15) is 0 Å². The summed E-state index contributed by atoms with van der Waals surface area (Å²) in [7, 11) is 0. The molecule has 0 saturated carbocycles. The van der Waals surface area contributed by atoms with Gasteiger partial charge in [0, 0.05) is 17.5 Å². The summed E-state index contributed by atoms with van der Waals surface area (Å²) < 4.78 is 0. The van der Waals surface area contributed by atoms with Crippen LogP contribution in [0.1, 0.15) is 5.69 Å². The van der Waals surface area contributed by atoms with Crippen molar-refractivity contribution in [1.82, 2.24) is 15.0 Å². The molecule has 1 aromatic carbocycles. The Morgan fingerprint density at radius 1 is 1.12 bits per heavy atom. The highest BCUT2D eigenvalue weighted by Crippen LogP contribution is 2.32. The fourth-order valence-electron chi connectivity index (χ4n) is 1.74. The molecule has 0 radical (unpaired) electrons. The van der Waals surface area contributed by atoms with Crippen LogP contribution in [0.3, 0.4) is 0 Å². The number of nitrogens with one attached hydrogen (secondary N) is 1. The van der Waals surface area contributed by atoms with Crippen LogP contribution in [-0.4, -0.2) is 15.0 Å². The number of imidazole rings is 1. The topological polar surface area (TPSA) is 41.6 Å². The number of thiazole rings is 1. The average molecular weight is 241 g/mol. The maximum Gasteiger partial charge on any atom is 0.149 e. The minimum Gasteiger partial charge on any atom is -0.341 e. The smallest absolute Gasteiger partial charge is 0.149 e. The van der Waals surface area contributed by atoms with Gasteiger partial charge in [0.25, 0.3) is 0 Å². The molecule has 0 atom stereocenters. The zero-order valence-corrected chi connectivity index (χ0v) is 10.2. The highest BCUT2D eigenvalue weighted by Gasteiger charge is 2.12. The Labute approximate surface area is 103 Å². The summed E-state index contributed by atoms with van der Waals surface area (Å²) in [6.45, 7) is 2.00. The first-order valence-electron chi connectivity index (χ1n) is 5.35. The minimum absolute atomic E-state index is 0.892. The quantitative estimate of drug-likeness (QED) is 0.746. The van der Waals surface area contributed by atoms with Gasteiger partial charge in [-0.1, -0.05) is 30.3 Å². The Bertz CT molecular complexity index is 625. The van der Waals surface area contributed by atoms with Crippen LogP contribution in [0.4, 0.5) is 0 Å².